The van der Waals surface area contributed by atoms with E-state index in [-0.39, 0.29) is 23.4 Å². The summed E-state index contributed by atoms with van der Waals surface area (Å²) in [6, 6.07) is 9.79. The Balaban J connectivity index is 1.35. The second-order valence-electron chi connectivity index (χ2n) is 10.9. The minimum atomic E-state index is -1.12. The molecule has 2 aromatic rings. The monoisotopic (exact) mass is 449 g/mol. The van der Waals surface area contributed by atoms with Crippen molar-refractivity contribution in [3.8, 4) is 11.5 Å². The summed E-state index contributed by atoms with van der Waals surface area (Å²) >= 11 is 0. The number of benzene rings is 2. The van der Waals surface area contributed by atoms with Crippen LogP contribution in [0.25, 0.3) is 0 Å². The second kappa shape index (κ2) is 6.57. The number of ketones is 1. The van der Waals surface area contributed by atoms with Crippen molar-refractivity contribution >= 4 is 5.78 Å². The van der Waals surface area contributed by atoms with Crippen LogP contribution in [0.4, 0.5) is 4.39 Å². The van der Waals surface area contributed by atoms with Gasteiger partial charge in [-0.15, -0.1) is 0 Å². The van der Waals surface area contributed by atoms with Crippen LogP contribution in [0, 0.1) is 17.7 Å². The van der Waals surface area contributed by atoms with Crippen LogP contribution in [0.3, 0.4) is 0 Å². The number of halogens is 1. The molecule has 3 fully saturated rings. The van der Waals surface area contributed by atoms with E-state index in [2.05, 4.69) is 4.90 Å². The number of carbonyl (C=O) groups excluding carboxylic acids is 1. The topological polar surface area (TPSA) is 70.0 Å². The minimum absolute atomic E-state index is 0.0122. The Labute approximate surface area is 192 Å². The first kappa shape index (κ1) is 20.0. The molecule has 5 aliphatic rings. The van der Waals surface area contributed by atoms with Gasteiger partial charge in [-0.05, 0) is 80.3 Å². The van der Waals surface area contributed by atoms with E-state index in [1.54, 1.807) is 18.2 Å². The summed E-state index contributed by atoms with van der Waals surface area (Å²) in [4.78, 5) is 16.3. The first-order valence-electron chi connectivity index (χ1n) is 12.2. The van der Waals surface area contributed by atoms with Gasteiger partial charge in [-0.25, -0.2) is 4.39 Å². The van der Waals surface area contributed by atoms with Crippen molar-refractivity contribution in [2.24, 2.45) is 11.8 Å². The maximum absolute atomic E-state index is 13.8. The smallest absolute Gasteiger partial charge is 0.177 e. The summed E-state index contributed by atoms with van der Waals surface area (Å²) in [6.07, 6.45) is 3.86. The number of piperidine rings is 1. The molecule has 3 aliphatic carbocycles. The number of nitrogens with zero attached hydrogens (tertiary/aromatic N) is 1. The molecule has 2 saturated carbocycles. The summed E-state index contributed by atoms with van der Waals surface area (Å²) in [7, 11) is 0. The first-order valence-corrected chi connectivity index (χ1v) is 12.2. The van der Waals surface area contributed by atoms with Gasteiger partial charge in [0.1, 0.15) is 5.82 Å². The number of hydrogen-bond donors (Lipinski definition) is 2. The number of phenols is 1. The summed E-state index contributed by atoms with van der Waals surface area (Å²) in [6.45, 7) is 1.82. The van der Waals surface area contributed by atoms with Crippen molar-refractivity contribution in [3.05, 3.63) is 58.9 Å². The molecular weight excluding hydrogens is 421 g/mol. The molecule has 7 rings (SSSR count). The van der Waals surface area contributed by atoms with Crippen molar-refractivity contribution in [1.82, 2.24) is 4.90 Å². The molecule has 5 nitrogen and oxygen atoms in total. The van der Waals surface area contributed by atoms with Crippen LogP contribution < -0.4 is 4.74 Å². The third-order valence-electron chi connectivity index (χ3n) is 9.13. The minimum Gasteiger partial charge on any atom is -0.504 e. The van der Waals surface area contributed by atoms with Crippen molar-refractivity contribution in [3.63, 3.8) is 0 Å². The number of hydrogen-bond acceptors (Lipinski definition) is 5. The lowest BCUT2D eigenvalue weighted by atomic mass is 9.47. The van der Waals surface area contributed by atoms with Gasteiger partial charge in [0.05, 0.1) is 11.0 Å². The highest BCUT2D eigenvalue weighted by Crippen LogP contribution is 2.65. The fourth-order valence-electron chi connectivity index (χ4n) is 7.48. The van der Waals surface area contributed by atoms with Gasteiger partial charge in [0, 0.05) is 24.1 Å². The van der Waals surface area contributed by atoms with Gasteiger partial charge in [0.15, 0.2) is 23.4 Å². The number of aliphatic hydroxyl groups is 1. The third kappa shape index (κ3) is 2.56. The van der Waals surface area contributed by atoms with E-state index in [4.69, 9.17) is 4.74 Å². The summed E-state index contributed by atoms with van der Waals surface area (Å²) in [5, 5.41) is 23.2. The zero-order chi connectivity index (χ0) is 22.5. The molecule has 2 N–H and O–H groups in total. The molecule has 1 unspecified atom stereocenters. The zero-order valence-electron chi connectivity index (χ0n) is 18.5. The SMILES string of the molecule is O=C1C(Cc2ccc(F)cc2)C[C@@]2(O)[C@H]3Cc4ccc(O)c5c4[C@@]2(CCN3CC2CC2)[C@H]1O5. The van der Waals surface area contributed by atoms with E-state index in [9.17, 15) is 19.4 Å². The largest absolute Gasteiger partial charge is 0.504 e. The lowest BCUT2D eigenvalue weighted by Crippen LogP contribution is -2.78. The molecule has 2 heterocycles. The fraction of sp³-hybridized carbons (Fsp3) is 0.519. The third-order valence-corrected chi connectivity index (χ3v) is 9.13. The predicted molar refractivity (Wildman–Crippen MR) is 119 cm³/mol. The molecule has 6 heteroatoms. The first-order chi connectivity index (χ1) is 15.9. The van der Waals surface area contributed by atoms with E-state index in [1.807, 2.05) is 6.07 Å². The van der Waals surface area contributed by atoms with Gasteiger partial charge in [0.2, 0.25) is 0 Å². The van der Waals surface area contributed by atoms with Crippen molar-refractivity contribution in [2.75, 3.05) is 13.1 Å². The number of Topliss-reactive ketones (excluding diaryl/α,β-unsaturated/α-hetero) is 1. The van der Waals surface area contributed by atoms with E-state index in [0.717, 1.165) is 29.8 Å². The van der Waals surface area contributed by atoms with Crippen LogP contribution in [-0.4, -0.2) is 51.7 Å². The number of aromatic hydroxyl groups is 1. The van der Waals surface area contributed by atoms with Crippen LogP contribution in [-0.2, 0) is 23.1 Å². The molecule has 0 amide bonds. The number of likely N-dealkylation sites (tertiary alicyclic amines) is 1. The molecule has 2 aliphatic heterocycles. The Morgan fingerprint density at radius 2 is 1.94 bits per heavy atom. The second-order valence-corrected chi connectivity index (χ2v) is 10.9. The molecule has 1 spiro atoms. The lowest BCUT2D eigenvalue weighted by Gasteiger charge is -2.63. The molecule has 0 radical (unpaired) electrons. The van der Waals surface area contributed by atoms with Crippen molar-refractivity contribution < 1.29 is 24.1 Å². The van der Waals surface area contributed by atoms with E-state index in [0.29, 0.717) is 37.4 Å². The summed E-state index contributed by atoms with van der Waals surface area (Å²) in [5.41, 5.74) is 0.908. The number of carbonyl (C=O) groups is 1. The molecule has 5 atom stereocenters. The highest BCUT2D eigenvalue weighted by molar-refractivity contribution is 5.92. The lowest BCUT2D eigenvalue weighted by molar-refractivity contribution is -0.197. The quantitative estimate of drug-likeness (QED) is 0.751. The number of rotatable bonds is 4. The number of phenolic OH excluding ortho intramolecular Hbond substituents is 1. The highest BCUT2D eigenvalue weighted by atomic mass is 19.1. The maximum atomic E-state index is 13.8. The average molecular weight is 450 g/mol. The van der Waals surface area contributed by atoms with Gasteiger partial charge in [-0.3, -0.25) is 9.69 Å². The van der Waals surface area contributed by atoms with Gasteiger partial charge >= 0.3 is 0 Å². The molecule has 33 heavy (non-hydrogen) atoms. The predicted octanol–water partition coefficient (Wildman–Crippen LogP) is 3.13. The molecule has 2 aromatic carbocycles. The molecule has 2 bridgehead atoms. The average Bonchev–Trinajstić information content (AvgIpc) is 3.53. The number of ether oxygens (including phenoxy) is 1. The van der Waals surface area contributed by atoms with Crippen LogP contribution >= 0.6 is 0 Å². The van der Waals surface area contributed by atoms with E-state index >= 15 is 0 Å². The highest BCUT2D eigenvalue weighted by Gasteiger charge is 2.74. The molecule has 172 valence electrons. The van der Waals surface area contributed by atoms with Crippen LogP contribution in [0.15, 0.2) is 36.4 Å². The summed E-state index contributed by atoms with van der Waals surface area (Å²) in [5.74, 6) is 0.404. The normalized spacial score (nSPS) is 36.4. The zero-order valence-corrected chi connectivity index (χ0v) is 18.5. The van der Waals surface area contributed by atoms with E-state index < -0.39 is 23.0 Å². The fourth-order valence-corrected chi connectivity index (χ4v) is 7.48. The molecule has 1 saturated heterocycles. The summed E-state index contributed by atoms with van der Waals surface area (Å²) < 4.78 is 19.7. The van der Waals surface area contributed by atoms with Crippen molar-refractivity contribution in [2.45, 2.75) is 61.7 Å². The van der Waals surface area contributed by atoms with Crippen LogP contribution in [0.1, 0.15) is 42.4 Å². The molecular formula is C27H28FNO4. The van der Waals surface area contributed by atoms with Gasteiger partial charge in [-0.2, -0.15) is 0 Å². The van der Waals surface area contributed by atoms with E-state index in [1.165, 1.54) is 25.0 Å². The van der Waals surface area contributed by atoms with Gasteiger partial charge in [-0.1, -0.05) is 18.2 Å². The Hall–Kier alpha value is -2.44. The Kier molecular flexibility index (Phi) is 3.98. The Morgan fingerprint density at radius 3 is 2.70 bits per heavy atom. The van der Waals surface area contributed by atoms with Gasteiger partial charge < -0.3 is 14.9 Å². The molecule has 0 aromatic heterocycles. The Morgan fingerprint density at radius 1 is 1.15 bits per heavy atom. The Bertz CT molecular complexity index is 1160. The van der Waals surface area contributed by atoms with Crippen LogP contribution in [0.2, 0.25) is 0 Å². The van der Waals surface area contributed by atoms with Gasteiger partial charge in [0.25, 0.3) is 0 Å². The maximum Gasteiger partial charge on any atom is 0.177 e. The van der Waals surface area contributed by atoms with Crippen molar-refractivity contribution in [1.29, 1.82) is 0 Å². The standard InChI is InChI=1S/C27H28FNO4/c28-19-6-3-15(4-7-19)11-18-13-27(32)21-12-17-5-8-20(30)24-22(17)26(27,25(33-24)23(18)31)9-10-29(21)14-16-1-2-16/h3-8,16,18,21,25,30,32H,1-2,9-14H2/t18?,21-,25+,26+,27-/m1/s1. The van der Waals surface area contributed by atoms with Crippen LogP contribution in [0.5, 0.6) is 11.5 Å².